The molecular formula is C23H32N4O3S. The van der Waals surface area contributed by atoms with Crippen molar-refractivity contribution >= 4 is 27.4 Å². The van der Waals surface area contributed by atoms with E-state index in [9.17, 15) is 13.2 Å². The summed E-state index contributed by atoms with van der Waals surface area (Å²) in [7, 11) is -3.23. The summed E-state index contributed by atoms with van der Waals surface area (Å²) >= 11 is 0. The van der Waals surface area contributed by atoms with E-state index < -0.39 is 9.84 Å². The Morgan fingerprint density at radius 2 is 1.68 bits per heavy atom. The first-order valence-corrected chi connectivity index (χ1v) is 12.2. The molecule has 0 aliphatic rings. The average Bonchev–Trinajstić information content (AvgIpc) is 2.70. The van der Waals surface area contributed by atoms with E-state index in [1.807, 2.05) is 51.1 Å². The summed E-state index contributed by atoms with van der Waals surface area (Å²) in [5.74, 6) is 0.600. The summed E-state index contributed by atoms with van der Waals surface area (Å²) in [6.07, 6.45) is 1.21. The number of rotatable bonds is 8. The fourth-order valence-corrected chi connectivity index (χ4v) is 3.88. The lowest BCUT2D eigenvalue weighted by Gasteiger charge is -2.13. The second-order valence-corrected chi connectivity index (χ2v) is 9.75. The summed E-state index contributed by atoms with van der Waals surface area (Å²) in [5.41, 5.74) is 3.49. The molecule has 0 radical (unpaired) electrons. The van der Waals surface area contributed by atoms with Gasteiger partial charge < -0.3 is 16.0 Å². The van der Waals surface area contributed by atoms with Gasteiger partial charge in [0.2, 0.25) is 5.91 Å². The van der Waals surface area contributed by atoms with Crippen LogP contribution in [0.25, 0.3) is 0 Å². The summed E-state index contributed by atoms with van der Waals surface area (Å²) < 4.78 is 23.5. The topological polar surface area (TPSA) is 99.7 Å². The second-order valence-electron chi connectivity index (χ2n) is 7.76. The molecule has 0 spiro atoms. The number of hydrogen-bond acceptors (Lipinski definition) is 4. The maximum absolute atomic E-state index is 11.8. The van der Waals surface area contributed by atoms with Gasteiger partial charge in [0.15, 0.2) is 15.8 Å². The fraction of sp³-hybridized carbons (Fsp3) is 0.391. The van der Waals surface area contributed by atoms with Gasteiger partial charge in [-0.2, -0.15) is 0 Å². The van der Waals surface area contributed by atoms with Crippen LogP contribution in [0.5, 0.6) is 0 Å². The van der Waals surface area contributed by atoms with Crippen LogP contribution in [-0.4, -0.2) is 33.1 Å². The Morgan fingerprint density at radius 3 is 2.23 bits per heavy atom. The van der Waals surface area contributed by atoms with Gasteiger partial charge in [-0.3, -0.25) is 4.79 Å². The Bertz CT molecular complexity index is 1030. The van der Waals surface area contributed by atoms with Crippen LogP contribution in [-0.2, 0) is 27.7 Å². The molecular weight excluding hydrogens is 412 g/mol. The van der Waals surface area contributed by atoms with Crippen molar-refractivity contribution in [3.8, 4) is 0 Å². The molecule has 0 saturated heterocycles. The van der Waals surface area contributed by atoms with E-state index in [1.165, 1.54) is 6.26 Å². The number of aryl methyl sites for hydroxylation is 1. The van der Waals surface area contributed by atoms with E-state index >= 15 is 0 Å². The first-order valence-electron chi connectivity index (χ1n) is 10.3. The van der Waals surface area contributed by atoms with Gasteiger partial charge in [-0.1, -0.05) is 38.1 Å². The highest BCUT2D eigenvalue weighted by atomic mass is 32.2. The standard InChI is InChI=1S/C23H32N4O3S/c1-6-24-23(26-15-19-9-12-21(17(4)13-19)31(5,29)30)25-14-18-7-10-20(11-8-18)27-22(28)16(2)3/h7-13,16H,6,14-15H2,1-5H3,(H,27,28)(H2,24,25,26). The second kappa shape index (κ2) is 10.9. The molecule has 2 rings (SSSR count). The Morgan fingerprint density at radius 1 is 1.03 bits per heavy atom. The number of aliphatic imine (C=N–C) groups is 1. The van der Waals surface area contributed by atoms with Gasteiger partial charge in [-0.15, -0.1) is 0 Å². The SMILES string of the molecule is CCNC(=NCc1ccc(S(C)(=O)=O)c(C)c1)NCc1ccc(NC(=O)C(C)C)cc1. The third kappa shape index (κ3) is 7.71. The average molecular weight is 445 g/mol. The number of guanidine groups is 1. The third-order valence-corrected chi connectivity index (χ3v) is 5.87. The van der Waals surface area contributed by atoms with Crippen LogP contribution in [0.1, 0.15) is 37.5 Å². The zero-order valence-electron chi connectivity index (χ0n) is 18.8. The fourth-order valence-electron chi connectivity index (χ4n) is 2.92. The molecule has 2 aromatic carbocycles. The van der Waals surface area contributed by atoms with Crippen LogP contribution in [0.4, 0.5) is 5.69 Å². The zero-order chi connectivity index (χ0) is 23.0. The molecule has 0 heterocycles. The van der Waals surface area contributed by atoms with Gasteiger partial charge >= 0.3 is 0 Å². The monoisotopic (exact) mass is 444 g/mol. The van der Waals surface area contributed by atoms with Gasteiger partial charge in [0.1, 0.15) is 0 Å². The van der Waals surface area contributed by atoms with Crippen LogP contribution < -0.4 is 16.0 Å². The van der Waals surface area contributed by atoms with Crippen molar-refractivity contribution in [2.45, 2.75) is 45.7 Å². The molecule has 0 fully saturated rings. The van der Waals surface area contributed by atoms with Crippen LogP contribution in [0, 0.1) is 12.8 Å². The van der Waals surface area contributed by atoms with E-state index in [0.29, 0.717) is 23.9 Å². The quantitative estimate of drug-likeness (QED) is 0.429. The smallest absolute Gasteiger partial charge is 0.226 e. The number of nitrogens with one attached hydrogen (secondary N) is 3. The number of carbonyl (C=O) groups excluding carboxylic acids is 1. The molecule has 0 aliphatic carbocycles. The van der Waals surface area contributed by atoms with Crippen molar-refractivity contribution in [3.63, 3.8) is 0 Å². The molecule has 7 nitrogen and oxygen atoms in total. The molecule has 168 valence electrons. The minimum Gasteiger partial charge on any atom is -0.357 e. The number of nitrogens with zero attached hydrogens (tertiary/aromatic N) is 1. The summed E-state index contributed by atoms with van der Waals surface area (Å²) in [6.45, 7) is 9.23. The molecule has 0 saturated carbocycles. The lowest BCUT2D eigenvalue weighted by atomic mass is 10.1. The number of sulfone groups is 1. The van der Waals surface area contributed by atoms with Gasteiger partial charge in [0.05, 0.1) is 11.4 Å². The lowest BCUT2D eigenvalue weighted by molar-refractivity contribution is -0.118. The third-order valence-electron chi connectivity index (χ3n) is 4.61. The van der Waals surface area contributed by atoms with Crippen molar-refractivity contribution in [3.05, 3.63) is 59.2 Å². The Hall–Kier alpha value is -2.87. The van der Waals surface area contributed by atoms with E-state index in [2.05, 4.69) is 20.9 Å². The number of anilines is 1. The van der Waals surface area contributed by atoms with Crippen molar-refractivity contribution in [1.29, 1.82) is 0 Å². The highest BCUT2D eigenvalue weighted by Gasteiger charge is 2.11. The summed E-state index contributed by atoms with van der Waals surface area (Å²) in [6, 6.07) is 13.0. The van der Waals surface area contributed by atoms with Crippen molar-refractivity contribution in [1.82, 2.24) is 10.6 Å². The Kier molecular flexibility index (Phi) is 8.62. The normalized spacial score (nSPS) is 12.0. The van der Waals surface area contributed by atoms with Crippen LogP contribution >= 0.6 is 0 Å². The van der Waals surface area contributed by atoms with Crippen LogP contribution in [0.3, 0.4) is 0 Å². The van der Waals surface area contributed by atoms with Crippen molar-refractivity contribution in [2.24, 2.45) is 10.9 Å². The molecule has 8 heteroatoms. The lowest BCUT2D eigenvalue weighted by Crippen LogP contribution is -2.36. The number of hydrogen-bond donors (Lipinski definition) is 3. The summed E-state index contributed by atoms with van der Waals surface area (Å²) in [5, 5.41) is 9.38. The number of benzene rings is 2. The van der Waals surface area contributed by atoms with Crippen molar-refractivity contribution in [2.75, 3.05) is 18.1 Å². The highest BCUT2D eigenvalue weighted by Crippen LogP contribution is 2.17. The predicted octanol–water partition coefficient (Wildman–Crippen LogP) is 3.25. The maximum atomic E-state index is 11.8. The molecule has 31 heavy (non-hydrogen) atoms. The minimum absolute atomic E-state index is 0.00718. The predicted molar refractivity (Wildman–Crippen MR) is 126 cm³/mol. The van der Waals surface area contributed by atoms with Crippen LogP contribution in [0.2, 0.25) is 0 Å². The maximum Gasteiger partial charge on any atom is 0.226 e. The summed E-state index contributed by atoms with van der Waals surface area (Å²) in [4.78, 5) is 16.7. The molecule has 0 aromatic heterocycles. The zero-order valence-corrected chi connectivity index (χ0v) is 19.6. The minimum atomic E-state index is -3.23. The Balaban J connectivity index is 2.00. The first kappa shape index (κ1) is 24.4. The van der Waals surface area contributed by atoms with E-state index in [-0.39, 0.29) is 11.8 Å². The highest BCUT2D eigenvalue weighted by molar-refractivity contribution is 7.90. The first-order chi connectivity index (χ1) is 14.6. The molecule has 3 N–H and O–H groups in total. The molecule has 0 bridgehead atoms. The van der Waals surface area contributed by atoms with E-state index in [1.54, 1.807) is 19.1 Å². The molecule has 1 amide bonds. The largest absolute Gasteiger partial charge is 0.357 e. The molecule has 0 aliphatic heterocycles. The van der Waals surface area contributed by atoms with Gasteiger partial charge in [0.25, 0.3) is 0 Å². The number of amides is 1. The molecule has 2 aromatic rings. The van der Waals surface area contributed by atoms with Gasteiger partial charge in [-0.25, -0.2) is 13.4 Å². The van der Waals surface area contributed by atoms with Gasteiger partial charge in [0, 0.05) is 31.0 Å². The van der Waals surface area contributed by atoms with Crippen molar-refractivity contribution < 1.29 is 13.2 Å². The van der Waals surface area contributed by atoms with E-state index in [4.69, 9.17) is 0 Å². The van der Waals surface area contributed by atoms with Gasteiger partial charge in [-0.05, 0) is 48.7 Å². The number of carbonyl (C=O) groups is 1. The molecule has 0 atom stereocenters. The van der Waals surface area contributed by atoms with E-state index in [0.717, 1.165) is 28.9 Å². The van der Waals surface area contributed by atoms with Crippen LogP contribution in [0.15, 0.2) is 52.4 Å². The molecule has 0 unspecified atom stereocenters. The Labute approximate surface area is 185 Å².